The molecule has 0 aliphatic carbocycles. The lowest BCUT2D eigenvalue weighted by Crippen LogP contribution is -2.43. The van der Waals surface area contributed by atoms with Crippen molar-refractivity contribution in [2.24, 2.45) is 0 Å². The maximum Gasteiger partial charge on any atom is 0.421 e. The molecule has 0 saturated carbocycles. The minimum atomic E-state index is -3.69. The van der Waals surface area contributed by atoms with Crippen LogP contribution in [0.25, 0.3) is 22.3 Å². The summed E-state index contributed by atoms with van der Waals surface area (Å²) in [5, 5.41) is 11.9. The van der Waals surface area contributed by atoms with Gasteiger partial charge >= 0.3 is 15.3 Å². The van der Waals surface area contributed by atoms with Gasteiger partial charge < -0.3 is 23.5 Å². The Hall–Kier alpha value is -2.40. The van der Waals surface area contributed by atoms with Crippen LogP contribution in [0.1, 0.15) is 17.9 Å². The van der Waals surface area contributed by atoms with Crippen LogP contribution in [-0.2, 0) is 13.7 Å². The van der Waals surface area contributed by atoms with Crippen molar-refractivity contribution < 1.29 is 27.7 Å². The number of hydrogen-bond acceptors (Lipinski definition) is 8. The summed E-state index contributed by atoms with van der Waals surface area (Å²) in [5.41, 5.74) is 0.607. The molecule has 1 aromatic heterocycles. The lowest BCUT2D eigenvalue weighted by molar-refractivity contribution is 0.0694. The average Bonchev–Trinajstić information content (AvgIpc) is 3.20. The first-order chi connectivity index (χ1) is 20.1. The van der Waals surface area contributed by atoms with E-state index in [1.54, 1.807) is 82.9 Å². The maximum atomic E-state index is 14.1. The van der Waals surface area contributed by atoms with Crippen molar-refractivity contribution in [1.82, 2.24) is 18.9 Å². The van der Waals surface area contributed by atoms with E-state index in [1.807, 2.05) is 7.05 Å². The van der Waals surface area contributed by atoms with Gasteiger partial charge in [0.05, 0.1) is 11.1 Å². The summed E-state index contributed by atoms with van der Waals surface area (Å²) in [4.78, 5) is 15.9. The second-order valence-electron chi connectivity index (χ2n) is 11.5. The molecule has 1 saturated heterocycles. The predicted molar refractivity (Wildman–Crippen MR) is 170 cm³/mol. The summed E-state index contributed by atoms with van der Waals surface area (Å²) in [6, 6.07) is 8.25. The number of halogens is 1. The van der Waals surface area contributed by atoms with Gasteiger partial charge in [0.15, 0.2) is 16.9 Å². The molecule has 0 spiro atoms. The van der Waals surface area contributed by atoms with E-state index >= 15 is 0 Å². The molecule has 2 aliphatic rings. The fourth-order valence-corrected chi connectivity index (χ4v) is 9.35. The smallest absolute Gasteiger partial charge is 0.421 e. The van der Waals surface area contributed by atoms with Gasteiger partial charge in [-0.25, -0.2) is 18.6 Å². The molecular formula is C28H38ClN5O7P2. The van der Waals surface area contributed by atoms with Crippen molar-refractivity contribution >= 4 is 43.6 Å². The largest absolute Gasteiger partial charge is 0.505 e. The summed E-state index contributed by atoms with van der Waals surface area (Å²) in [6.45, 7) is 1.05. The molecule has 3 aromatic rings. The molecule has 2 aromatic carbocycles. The van der Waals surface area contributed by atoms with Gasteiger partial charge in [-0.3, -0.25) is 14.0 Å². The third-order valence-corrected chi connectivity index (χ3v) is 13.4. The van der Waals surface area contributed by atoms with E-state index < -0.39 is 38.5 Å². The lowest BCUT2D eigenvalue weighted by Gasteiger charge is -2.41. The van der Waals surface area contributed by atoms with Crippen molar-refractivity contribution in [2.75, 3.05) is 74.1 Å². The molecule has 2 aliphatic heterocycles. The van der Waals surface area contributed by atoms with E-state index in [4.69, 9.17) is 25.1 Å². The van der Waals surface area contributed by atoms with E-state index in [2.05, 4.69) is 4.90 Å². The molecule has 0 radical (unpaired) electrons. The number of piperidine rings is 1. The summed E-state index contributed by atoms with van der Waals surface area (Å²) < 4.78 is 53.3. The molecule has 15 heteroatoms. The quantitative estimate of drug-likeness (QED) is 0.331. The monoisotopic (exact) mass is 653 g/mol. The number of rotatable bonds is 7. The van der Waals surface area contributed by atoms with Crippen LogP contribution in [0.5, 0.6) is 11.5 Å². The number of nitrogens with zero attached hydrogens (tertiary/aromatic N) is 5. The first-order valence-corrected chi connectivity index (χ1v) is 17.2. The highest BCUT2D eigenvalue weighted by atomic mass is 35.5. The van der Waals surface area contributed by atoms with Crippen LogP contribution in [0.15, 0.2) is 39.5 Å². The number of anilines is 1. The number of aromatic hydroxyl groups is 1. The highest BCUT2D eigenvalue weighted by Crippen LogP contribution is 2.68. The van der Waals surface area contributed by atoms with Gasteiger partial charge in [0, 0.05) is 36.7 Å². The predicted octanol–water partition coefficient (Wildman–Crippen LogP) is 5.35. The van der Waals surface area contributed by atoms with Crippen molar-refractivity contribution in [2.45, 2.75) is 18.4 Å². The van der Waals surface area contributed by atoms with Crippen LogP contribution < -0.4 is 14.6 Å². The standard InChI is InChI=1S/C28H38ClN5O7P2/c1-30(2)42(37,31(3)4)40-22-16-33(7)14-13-18(22)23-27-24(20(35)15-21(39-27)17-11-9-10-12-19(17)29)26(36)25-28(23)41-43(38,32(5)6)34(25)8/h9-12,15,18,22,36H,13-14,16H2,1-8H3/t18-,22+,43?/m0/s1. The first kappa shape index (κ1) is 32.0. The van der Waals surface area contributed by atoms with Crippen molar-refractivity contribution in [3.63, 3.8) is 0 Å². The zero-order valence-electron chi connectivity index (χ0n) is 25.6. The molecule has 3 atom stereocenters. The second-order valence-corrected chi connectivity index (χ2v) is 17.3. The highest BCUT2D eigenvalue weighted by molar-refractivity contribution is 7.59. The Balaban J connectivity index is 1.85. The Kier molecular flexibility index (Phi) is 8.57. The highest BCUT2D eigenvalue weighted by Gasteiger charge is 2.49. The molecule has 12 nitrogen and oxygen atoms in total. The maximum absolute atomic E-state index is 14.1. The second kappa shape index (κ2) is 11.5. The fraction of sp³-hybridized carbons (Fsp3) is 0.464. The normalized spacial score (nSPS) is 23.0. The van der Waals surface area contributed by atoms with Crippen LogP contribution in [0.2, 0.25) is 5.02 Å². The summed E-state index contributed by atoms with van der Waals surface area (Å²) in [5.74, 6) is -0.582. The Morgan fingerprint density at radius 3 is 2.37 bits per heavy atom. The molecule has 43 heavy (non-hydrogen) atoms. The van der Waals surface area contributed by atoms with Crippen LogP contribution in [-0.4, -0.2) is 99.6 Å². The number of phenolic OH excluding ortho intramolecular Hbond substituents is 1. The van der Waals surface area contributed by atoms with Gasteiger partial charge in [0.2, 0.25) is 0 Å². The fourth-order valence-electron chi connectivity index (χ4n) is 5.77. The van der Waals surface area contributed by atoms with Crippen molar-refractivity contribution in [3.05, 3.63) is 51.1 Å². The van der Waals surface area contributed by atoms with Gasteiger partial charge in [0.25, 0.3) is 0 Å². The van der Waals surface area contributed by atoms with Crippen LogP contribution in [0.4, 0.5) is 5.69 Å². The number of benzene rings is 2. The van der Waals surface area contributed by atoms with E-state index in [9.17, 15) is 19.0 Å². The summed E-state index contributed by atoms with van der Waals surface area (Å²) >= 11 is 6.49. The Bertz CT molecular complexity index is 1720. The SMILES string of the molecule is CN1CC[C@H](c2c3c(c(O)c4c(=O)cc(-c5ccccc5Cl)oc24)N(C)P(=O)(N(C)C)O3)[C@H](OP(=O)(N(C)C)N(C)C)C1. The molecule has 5 rings (SSSR count). The van der Waals surface area contributed by atoms with E-state index in [0.717, 1.165) is 0 Å². The van der Waals surface area contributed by atoms with E-state index in [0.29, 0.717) is 35.7 Å². The average molecular weight is 654 g/mol. The van der Waals surface area contributed by atoms with Crippen LogP contribution in [0, 0.1) is 0 Å². The van der Waals surface area contributed by atoms with Gasteiger partial charge in [0.1, 0.15) is 22.4 Å². The van der Waals surface area contributed by atoms with E-state index in [-0.39, 0.29) is 28.2 Å². The molecule has 1 unspecified atom stereocenters. The number of likely N-dealkylation sites (tertiary alicyclic amines) is 1. The Morgan fingerprint density at radius 2 is 1.77 bits per heavy atom. The van der Waals surface area contributed by atoms with Crippen LogP contribution in [0.3, 0.4) is 0 Å². The number of phenols is 1. The third-order valence-electron chi connectivity index (χ3n) is 8.09. The minimum absolute atomic E-state index is 0.0757. The van der Waals surface area contributed by atoms with Crippen molar-refractivity contribution in [3.8, 4) is 22.8 Å². The zero-order chi connectivity index (χ0) is 31.6. The Labute approximate surface area is 256 Å². The molecule has 1 fully saturated rings. The molecule has 234 valence electrons. The summed E-state index contributed by atoms with van der Waals surface area (Å²) in [6.07, 6.45) is -0.151. The number of hydrogen-bond donors (Lipinski definition) is 1. The van der Waals surface area contributed by atoms with Gasteiger partial charge in [-0.1, -0.05) is 23.7 Å². The molecular weight excluding hydrogens is 616 g/mol. The van der Waals surface area contributed by atoms with Crippen molar-refractivity contribution in [1.29, 1.82) is 0 Å². The molecule has 0 amide bonds. The molecule has 1 N–H and O–H groups in total. The third kappa shape index (κ3) is 5.22. The molecule has 0 bridgehead atoms. The van der Waals surface area contributed by atoms with Gasteiger partial charge in [-0.2, -0.15) is 0 Å². The zero-order valence-corrected chi connectivity index (χ0v) is 28.1. The summed E-state index contributed by atoms with van der Waals surface area (Å²) in [7, 11) is 6.34. The first-order valence-electron chi connectivity index (χ1n) is 13.8. The van der Waals surface area contributed by atoms with E-state index in [1.165, 1.54) is 15.4 Å². The number of likely N-dealkylation sites (N-methyl/N-ethyl adjacent to an activating group) is 1. The topological polar surface area (TPSA) is 119 Å². The van der Waals surface area contributed by atoms with Gasteiger partial charge in [-0.15, -0.1) is 0 Å². The number of fused-ring (bicyclic) bond motifs is 2. The lowest BCUT2D eigenvalue weighted by atomic mass is 9.84. The molecule has 3 heterocycles. The minimum Gasteiger partial charge on any atom is -0.505 e. The Morgan fingerprint density at radius 1 is 1.12 bits per heavy atom. The van der Waals surface area contributed by atoms with Crippen LogP contribution >= 0.6 is 26.9 Å². The van der Waals surface area contributed by atoms with Gasteiger partial charge in [-0.05, 0) is 74.4 Å².